The zero-order valence-electron chi connectivity index (χ0n) is 7.48. The van der Waals surface area contributed by atoms with Crippen molar-refractivity contribution >= 4 is 23.2 Å². The van der Waals surface area contributed by atoms with Crippen molar-refractivity contribution in [1.82, 2.24) is 9.97 Å². The molecule has 0 spiro atoms. The van der Waals surface area contributed by atoms with E-state index >= 15 is 0 Å². The maximum Gasteiger partial charge on any atom is 0.291 e. The molecule has 1 N–H and O–H groups in total. The largest absolute Gasteiger partial charge is 0.459 e. The monoisotopic (exact) mass is 223 g/mol. The van der Waals surface area contributed by atoms with Gasteiger partial charge in [-0.15, -0.1) is 0 Å². The molecule has 6 heteroatoms. The smallest absolute Gasteiger partial charge is 0.291 e. The van der Waals surface area contributed by atoms with Crippen molar-refractivity contribution in [3.05, 3.63) is 41.8 Å². The number of nitrogens with zero attached hydrogens (tertiary/aromatic N) is 2. The van der Waals surface area contributed by atoms with E-state index in [4.69, 9.17) is 16.0 Å². The normalized spacial score (nSPS) is 9.93. The highest BCUT2D eigenvalue weighted by Gasteiger charge is 2.08. The minimum atomic E-state index is -0.356. The molecule has 0 saturated carbocycles. The van der Waals surface area contributed by atoms with Gasteiger partial charge in [-0.25, -0.2) is 9.97 Å². The van der Waals surface area contributed by atoms with Gasteiger partial charge in [0.05, 0.1) is 24.3 Å². The number of amides is 1. The maximum atomic E-state index is 11.5. The second-order valence-corrected chi connectivity index (χ2v) is 3.01. The highest BCUT2D eigenvalue weighted by molar-refractivity contribution is 6.28. The van der Waals surface area contributed by atoms with Crippen molar-refractivity contribution in [3.63, 3.8) is 0 Å². The molecule has 0 bridgehead atoms. The molecule has 1 amide bonds. The minimum Gasteiger partial charge on any atom is -0.459 e. The van der Waals surface area contributed by atoms with Gasteiger partial charge in [0.2, 0.25) is 5.28 Å². The molecule has 0 radical (unpaired) electrons. The Labute approximate surface area is 90.1 Å². The second-order valence-electron chi connectivity index (χ2n) is 2.67. The summed E-state index contributed by atoms with van der Waals surface area (Å²) in [6.45, 7) is 0. The molecule has 76 valence electrons. The zero-order chi connectivity index (χ0) is 10.7. The number of hydrogen-bond donors (Lipinski definition) is 1. The summed E-state index contributed by atoms with van der Waals surface area (Å²) in [7, 11) is 0. The number of nitrogens with one attached hydrogen (secondary N) is 1. The summed E-state index contributed by atoms with van der Waals surface area (Å²) >= 11 is 5.49. The number of aromatic nitrogens is 2. The third-order valence-electron chi connectivity index (χ3n) is 1.62. The maximum absolute atomic E-state index is 11.5. The third-order valence-corrected chi connectivity index (χ3v) is 1.82. The van der Waals surface area contributed by atoms with Crippen LogP contribution < -0.4 is 5.32 Å². The van der Waals surface area contributed by atoms with Gasteiger partial charge in [-0.1, -0.05) is 0 Å². The van der Waals surface area contributed by atoms with E-state index in [1.54, 1.807) is 12.1 Å². The molecule has 2 aromatic rings. The Morgan fingerprint density at radius 3 is 2.73 bits per heavy atom. The summed E-state index contributed by atoms with van der Waals surface area (Å²) < 4.78 is 4.91. The lowest BCUT2D eigenvalue weighted by molar-refractivity contribution is 0.0996. The van der Waals surface area contributed by atoms with Crippen LogP contribution in [0.3, 0.4) is 0 Å². The number of carbonyl (C=O) groups is 1. The Morgan fingerprint density at radius 1 is 1.40 bits per heavy atom. The van der Waals surface area contributed by atoms with E-state index in [1.807, 2.05) is 0 Å². The van der Waals surface area contributed by atoms with Crippen LogP contribution in [0.4, 0.5) is 5.69 Å². The lowest BCUT2D eigenvalue weighted by Gasteiger charge is -2.00. The van der Waals surface area contributed by atoms with Gasteiger partial charge in [0.1, 0.15) is 0 Å². The fourth-order valence-electron chi connectivity index (χ4n) is 0.977. The molecule has 2 aromatic heterocycles. The van der Waals surface area contributed by atoms with Gasteiger partial charge in [0.25, 0.3) is 5.91 Å². The van der Waals surface area contributed by atoms with Crippen molar-refractivity contribution in [3.8, 4) is 0 Å². The first-order valence-corrected chi connectivity index (χ1v) is 4.46. The van der Waals surface area contributed by atoms with Crippen LogP contribution in [0.25, 0.3) is 0 Å². The van der Waals surface area contributed by atoms with Gasteiger partial charge in [-0.05, 0) is 23.7 Å². The summed E-state index contributed by atoms with van der Waals surface area (Å²) in [5, 5.41) is 2.69. The number of anilines is 1. The summed E-state index contributed by atoms with van der Waals surface area (Å²) in [6, 6.07) is 3.19. The second kappa shape index (κ2) is 4.10. The van der Waals surface area contributed by atoms with E-state index in [9.17, 15) is 4.79 Å². The molecule has 0 aliphatic carbocycles. The molecular formula is C9H6ClN3O2. The van der Waals surface area contributed by atoms with Crippen molar-refractivity contribution < 1.29 is 9.21 Å². The predicted molar refractivity (Wildman–Crippen MR) is 53.7 cm³/mol. The molecule has 2 heterocycles. The Kier molecular flexibility index (Phi) is 2.64. The van der Waals surface area contributed by atoms with Crippen LogP contribution in [-0.4, -0.2) is 15.9 Å². The fourth-order valence-corrected chi connectivity index (χ4v) is 1.07. The first-order chi connectivity index (χ1) is 7.25. The summed E-state index contributed by atoms with van der Waals surface area (Å²) in [5.41, 5.74) is 0.459. The van der Waals surface area contributed by atoms with Gasteiger partial charge in [-0.2, -0.15) is 0 Å². The van der Waals surface area contributed by atoms with Gasteiger partial charge in [-0.3, -0.25) is 4.79 Å². The fraction of sp³-hybridized carbons (Fsp3) is 0. The molecule has 2 rings (SSSR count). The lowest BCUT2D eigenvalue weighted by atomic mass is 10.4. The van der Waals surface area contributed by atoms with Gasteiger partial charge < -0.3 is 9.73 Å². The van der Waals surface area contributed by atoms with Gasteiger partial charge >= 0.3 is 0 Å². The average Bonchev–Trinajstić information content (AvgIpc) is 2.74. The van der Waals surface area contributed by atoms with Crippen LogP contribution >= 0.6 is 11.6 Å². The van der Waals surface area contributed by atoms with E-state index in [0.717, 1.165) is 0 Å². The van der Waals surface area contributed by atoms with Crippen LogP contribution in [0.2, 0.25) is 5.28 Å². The molecule has 0 aliphatic heterocycles. The van der Waals surface area contributed by atoms with Crippen molar-refractivity contribution in [2.75, 3.05) is 5.32 Å². The van der Waals surface area contributed by atoms with E-state index in [0.29, 0.717) is 5.69 Å². The Hall–Kier alpha value is -1.88. The number of rotatable bonds is 2. The molecule has 0 atom stereocenters. The van der Waals surface area contributed by atoms with Crippen LogP contribution in [0.5, 0.6) is 0 Å². The number of carbonyl (C=O) groups excluding carboxylic acids is 1. The first kappa shape index (κ1) is 9.67. The molecule has 15 heavy (non-hydrogen) atoms. The summed E-state index contributed by atoms with van der Waals surface area (Å²) in [4.78, 5) is 18.9. The molecule has 0 aromatic carbocycles. The summed E-state index contributed by atoms with van der Waals surface area (Å²) in [5.74, 6) is -0.129. The standard InChI is InChI=1S/C9H6ClN3O2/c10-9-11-4-6(5-12-9)13-8(14)7-2-1-3-15-7/h1-5H,(H,13,14). The van der Waals surface area contributed by atoms with Crippen LogP contribution in [0.15, 0.2) is 35.2 Å². The van der Waals surface area contributed by atoms with Crippen molar-refractivity contribution in [2.45, 2.75) is 0 Å². The topological polar surface area (TPSA) is 68.0 Å². The molecule has 0 aliphatic rings. The number of furan rings is 1. The van der Waals surface area contributed by atoms with Gasteiger partial charge in [0, 0.05) is 0 Å². The quantitative estimate of drug-likeness (QED) is 0.791. The number of hydrogen-bond acceptors (Lipinski definition) is 4. The Morgan fingerprint density at radius 2 is 2.13 bits per heavy atom. The molecule has 0 saturated heterocycles. The van der Waals surface area contributed by atoms with Crippen LogP contribution in [0, 0.1) is 0 Å². The van der Waals surface area contributed by atoms with E-state index in [-0.39, 0.29) is 17.0 Å². The Balaban J connectivity index is 2.09. The average molecular weight is 224 g/mol. The number of halogens is 1. The molecule has 0 unspecified atom stereocenters. The van der Waals surface area contributed by atoms with E-state index in [1.165, 1.54) is 18.7 Å². The van der Waals surface area contributed by atoms with Crippen LogP contribution in [0.1, 0.15) is 10.6 Å². The van der Waals surface area contributed by atoms with Gasteiger partial charge in [0.15, 0.2) is 5.76 Å². The molecule has 5 nitrogen and oxygen atoms in total. The molecule has 0 fully saturated rings. The predicted octanol–water partition coefficient (Wildman–Crippen LogP) is 1.98. The van der Waals surface area contributed by atoms with E-state index in [2.05, 4.69) is 15.3 Å². The third kappa shape index (κ3) is 2.32. The lowest BCUT2D eigenvalue weighted by Crippen LogP contribution is -2.11. The van der Waals surface area contributed by atoms with Crippen molar-refractivity contribution in [2.24, 2.45) is 0 Å². The first-order valence-electron chi connectivity index (χ1n) is 4.08. The SMILES string of the molecule is O=C(Nc1cnc(Cl)nc1)c1ccco1. The highest BCUT2D eigenvalue weighted by Crippen LogP contribution is 2.08. The summed E-state index contributed by atoms with van der Waals surface area (Å²) in [6.07, 6.45) is 4.25. The highest BCUT2D eigenvalue weighted by atomic mass is 35.5. The Bertz CT molecular complexity index is 453. The minimum absolute atomic E-state index is 0.131. The van der Waals surface area contributed by atoms with Crippen LogP contribution in [-0.2, 0) is 0 Å². The van der Waals surface area contributed by atoms with E-state index < -0.39 is 0 Å². The molecular weight excluding hydrogens is 218 g/mol. The van der Waals surface area contributed by atoms with Crippen molar-refractivity contribution in [1.29, 1.82) is 0 Å². The zero-order valence-corrected chi connectivity index (χ0v) is 8.23.